The number of hydrogen-bond acceptors (Lipinski definition) is 5. The summed E-state index contributed by atoms with van der Waals surface area (Å²) in [7, 11) is 1.61. The lowest BCUT2D eigenvalue weighted by atomic mass is 10.0. The van der Waals surface area contributed by atoms with Crippen LogP contribution >= 0.6 is 0 Å². The van der Waals surface area contributed by atoms with Crippen molar-refractivity contribution in [3.8, 4) is 17.1 Å². The van der Waals surface area contributed by atoms with Gasteiger partial charge in [0.15, 0.2) is 0 Å². The lowest BCUT2D eigenvalue weighted by molar-refractivity contribution is 0.0744. The summed E-state index contributed by atoms with van der Waals surface area (Å²) in [4.78, 5) is 19.1. The Kier molecular flexibility index (Phi) is 5.89. The summed E-state index contributed by atoms with van der Waals surface area (Å²) in [6, 6.07) is 13.2. The van der Waals surface area contributed by atoms with Crippen LogP contribution in [0, 0.1) is 13.8 Å². The van der Waals surface area contributed by atoms with Gasteiger partial charge in [-0.15, -0.1) is 6.58 Å². The monoisotopic (exact) mass is 377 g/mol. The number of nitrogens with zero attached hydrogens (tertiary/aromatic N) is 3. The normalized spacial score (nSPS) is 10.5. The molecule has 2 aromatic carbocycles. The van der Waals surface area contributed by atoms with E-state index < -0.39 is 0 Å². The summed E-state index contributed by atoms with van der Waals surface area (Å²) in [6.45, 7) is 8.28. The maximum absolute atomic E-state index is 13.0. The van der Waals surface area contributed by atoms with Crippen LogP contribution in [0.15, 0.2) is 59.6 Å². The maximum Gasteiger partial charge on any atom is 0.254 e. The van der Waals surface area contributed by atoms with Gasteiger partial charge < -0.3 is 14.2 Å². The van der Waals surface area contributed by atoms with Gasteiger partial charge in [-0.3, -0.25) is 4.79 Å². The maximum atomic E-state index is 13.0. The first-order chi connectivity index (χ1) is 13.5. The van der Waals surface area contributed by atoms with E-state index in [1.807, 2.05) is 56.3 Å². The van der Waals surface area contributed by atoms with E-state index in [4.69, 9.17) is 9.26 Å². The predicted octanol–water partition coefficient (Wildman–Crippen LogP) is 4.19. The number of ether oxygens (including phenoxy) is 1. The highest BCUT2D eigenvalue weighted by Gasteiger charge is 2.20. The van der Waals surface area contributed by atoms with Gasteiger partial charge in [-0.05, 0) is 49.7 Å². The molecule has 0 aliphatic rings. The van der Waals surface area contributed by atoms with Crippen molar-refractivity contribution in [3.05, 3.63) is 77.7 Å². The van der Waals surface area contributed by atoms with Gasteiger partial charge in [0.25, 0.3) is 5.91 Å². The quantitative estimate of drug-likeness (QED) is 0.578. The third kappa shape index (κ3) is 4.28. The van der Waals surface area contributed by atoms with Gasteiger partial charge >= 0.3 is 0 Å². The van der Waals surface area contributed by atoms with Crippen LogP contribution in [0.4, 0.5) is 0 Å². The second-order valence-electron chi connectivity index (χ2n) is 6.53. The fraction of sp³-hybridized carbons (Fsp3) is 0.227. The first kappa shape index (κ1) is 19.4. The number of hydrogen-bond donors (Lipinski definition) is 0. The number of aryl methyl sites for hydroxylation is 2. The molecule has 0 unspecified atom stereocenters. The van der Waals surface area contributed by atoms with Gasteiger partial charge in [0.2, 0.25) is 11.7 Å². The Morgan fingerprint density at radius 1 is 1.21 bits per heavy atom. The van der Waals surface area contributed by atoms with E-state index in [2.05, 4.69) is 16.7 Å². The van der Waals surface area contributed by atoms with Crippen LogP contribution in [0.5, 0.6) is 5.75 Å². The zero-order valence-corrected chi connectivity index (χ0v) is 16.3. The summed E-state index contributed by atoms with van der Waals surface area (Å²) in [5.74, 6) is 1.49. The Balaban J connectivity index is 1.79. The molecule has 1 aromatic heterocycles. The van der Waals surface area contributed by atoms with Crippen molar-refractivity contribution < 1.29 is 14.1 Å². The molecule has 0 spiro atoms. The summed E-state index contributed by atoms with van der Waals surface area (Å²) < 4.78 is 10.5. The number of rotatable bonds is 7. The average molecular weight is 377 g/mol. The highest BCUT2D eigenvalue weighted by molar-refractivity contribution is 5.95. The Morgan fingerprint density at radius 3 is 2.61 bits per heavy atom. The van der Waals surface area contributed by atoms with Crippen LogP contribution in [-0.4, -0.2) is 34.6 Å². The van der Waals surface area contributed by atoms with E-state index in [0.29, 0.717) is 23.8 Å². The molecule has 0 aliphatic heterocycles. The van der Waals surface area contributed by atoms with E-state index in [-0.39, 0.29) is 12.5 Å². The van der Waals surface area contributed by atoms with Gasteiger partial charge in [-0.25, -0.2) is 0 Å². The van der Waals surface area contributed by atoms with E-state index in [1.165, 1.54) is 0 Å². The molecule has 0 atom stereocenters. The second kappa shape index (κ2) is 8.52. The van der Waals surface area contributed by atoms with Crippen LogP contribution in [0.3, 0.4) is 0 Å². The zero-order valence-electron chi connectivity index (χ0n) is 16.3. The minimum atomic E-state index is -0.0957. The van der Waals surface area contributed by atoms with E-state index in [9.17, 15) is 4.79 Å². The van der Waals surface area contributed by atoms with Crippen LogP contribution in [0.2, 0.25) is 0 Å². The van der Waals surface area contributed by atoms with Gasteiger partial charge in [-0.1, -0.05) is 28.9 Å². The number of aromatic nitrogens is 2. The van der Waals surface area contributed by atoms with Crippen LogP contribution in [-0.2, 0) is 6.54 Å². The van der Waals surface area contributed by atoms with Gasteiger partial charge in [0.05, 0.1) is 7.11 Å². The lowest BCUT2D eigenvalue weighted by Crippen LogP contribution is -2.31. The predicted molar refractivity (Wildman–Crippen MR) is 107 cm³/mol. The van der Waals surface area contributed by atoms with Crippen molar-refractivity contribution in [3.63, 3.8) is 0 Å². The molecular formula is C22H23N3O3. The van der Waals surface area contributed by atoms with E-state index in [1.54, 1.807) is 18.1 Å². The average Bonchev–Trinajstić information content (AvgIpc) is 3.16. The second-order valence-corrected chi connectivity index (χ2v) is 6.53. The smallest absolute Gasteiger partial charge is 0.254 e. The topological polar surface area (TPSA) is 68.5 Å². The highest BCUT2D eigenvalue weighted by atomic mass is 16.5. The van der Waals surface area contributed by atoms with Crippen LogP contribution in [0.1, 0.15) is 27.4 Å². The Morgan fingerprint density at radius 2 is 1.96 bits per heavy atom. The molecule has 6 nitrogen and oxygen atoms in total. The summed E-state index contributed by atoms with van der Waals surface area (Å²) in [5, 5.41) is 4.03. The van der Waals surface area contributed by atoms with Crippen LogP contribution in [0.25, 0.3) is 11.4 Å². The summed E-state index contributed by atoms with van der Waals surface area (Å²) in [5.41, 5.74) is 3.52. The number of methoxy groups -OCH3 is 1. The number of carbonyl (C=O) groups excluding carboxylic acids is 1. The fourth-order valence-corrected chi connectivity index (χ4v) is 2.94. The summed E-state index contributed by atoms with van der Waals surface area (Å²) in [6.07, 6.45) is 1.68. The minimum absolute atomic E-state index is 0.0957. The van der Waals surface area contributed by atoms with Gasteiger partial charge in [0, 0.05) is 17.7 Å². The van der Waals surface area contributed by atoms with Crippen molar-refractivity contribution in [1.82, 2.24) is 15.0 Å². The van der Waals surface area contributed by atoms with Crippen molar-refractivity contribution in [2.24, 2.45) is 0 Å². The molecule has 3 aromatic rings. The molecule has 0 saturated heterocycles. The molecule has 1 heterocycles. The fourth-order valence-electron chi connectivity index (χ4n) is 2.94. The Labute approximate surface area is 164 Å². The molecule has 0 aliphatic carbocycles. The van der Waals surface area contributed by atoms with E-state index >= 15 is 0 Å². The molecule has 3 rings (SSSR count). The molecule has 0 radical (unpaired) electrons. The molecule has 144 valence electrons. The number of carbonyl (C=O) groups is 1. The zero-order chi connectivity index (χ0) is 20.1. The minimum Gasteiger partial charge on any atom is -0.497 e. The van der Waals surface area contributed by atoms with Crippen molar-refractivity contribution in [2.75, 3.05) is 13.7 Å². The van der Waals surface area contributed by atoms with Crippen LogP contribution < -0.4 is 4.74 Å². The lowest BCUT2D eigenvalue weighted by Gasteiger charge is -2.20. The summed E-state index contributed by atoms with van der Waals surface area (Å²) >= 11 is 0. The van der Waals surface area contributed by atoms with Crippen molar-refractivity contribution >= 4 is 5.91 Å². The molecule has 28 heavy (non-hydrogen) atoms. The Hall–Kier alpha value is -3.41. The first-order valence-electron chi connectivity index (χ1n) is 8.96. The number of amides is 1. The molecule has 6 heteroatoms. The van der Waals surface area contributed by atoms with Crippen molar-refractivity contribution in [1.29, 1.82) is 0 Å². The standard InChI is InChI=1S/C22H23N3O3/c1-5-12-25(22(26)19-11-6-15(2)13-16(19)3)14-20-23-21(24-28-20)17-7-9-18(27-4)10-8-17/h5-11,13H,1,12,14H2,2-4H3. The van der Waals surface area contributed by atoms with Crippen molar-refractivity contribution in [2.45, 2.75) is 20.4 Å². The number of benzene rings is 2. The molecule has 1 amide bonds. The third-order valence-electron chi connectivity index (χ3n) is 4.39. The molecule has 0 saturated carbocycles. The molecular weight excluding hydrogens is 354 g/mol. The first-order valence-corrected chi connectivity index (χ1v) is 8.96. The van der Waals surface area contributed by atoms with Gasteiger partial charge in [-0.2, -0.15) is 4.98 Å². The SMILES string of the molecule is C=CCN(Cc1nc(-c2ccc(OC)cc2)no1)C(=O)c1ccc(C)cc1C. The third-order valence-corrected chi connectivity index (χ3v) is 4.39. The van der Waals surface area contributed by atoms with E-state index in [0.717, 1.165) is 22.4 Å². The Bertz CT molecular complexity index is 977. The largest absolute Gasteiger partial charge is 0.497 e. The van der Waals surface area contributed by atoms with Gasteiger partial charge in [0.1, 0.15) is 12.3 Å². The highest BCUT2D eigenvalue weighted by Crippen LogP contribution is 2.21. The molecule has 0 bridgehead atoms. The molecule has 0 N–H and O–H groups in total. The molecule has 0 fully saturated rings.